The van der Waals surface area contributed by atoms with Crippen molar-refractivity contribution < 1.29 is 19.0 Å². The average Bonchev–Trinajstić information content (AvgIpc) is 2.44. The molecule has 1 fully saturated rings. The number of carbonyl (C=O) groups is 1. The Kier molecular flexibility index (Phi) is 5.15. The van der Waals surface area contributed by atoms with Crippen LogP contribution in [-0.2, 0) is 19.0 Å². The molecule has 114 valence electrons. The number of hydrogen-bond donors (Lipinski definition) is 0. The molecule has 1 heterocycles. The molecule has 1 saturated heterocycles. The van der Waals surface area contributed by atoms with Gasteiger partial charge in [-0.1, -0.05) is 42.5 Å². The molecule has 0 saturated carbocycles. The molecule has 4 heteroatoms. The second-order valence-electron chi connectivity index (χ2n) is 5.58. The number of rotatable bonds is 4. The summed E-state index contributed by atoms with van der Waals surface area (Å²) in [5.41, 5.74) is 1.12. The smallest absolute Gasteiger partial charge is 0.308 e. The van der Waals surface area contributed by atoms with Crippen molar-refractivity contribution in [1.82, 2.24) is 0 Å². The van der Waals surface area contributed by atoms with Gasteiger partial charge in [-0.2, -0.15) is 0 Å². The fraction of sp³-hybridized carbons (Fsp3) is 0.471. The maximum absolute atomic E-state index is 11.4. The zero-order chi connectivity index (χ0) is 15.3. The Labute approximate surface area is 125 Å². The van der Waals surface area contributed by atoms with Gasteiger partial charge in [-0.15, -0.1) is 0 Å². The van der Waals surface area contributed by atoms with Crippen LogP contribution in [-0.4, -0.2) is 31.1 Å². The van der Waals surface area contributed by atoms with E-state index in [0.29, 0.717) is 6.42 Å². The predicted octanol–water partition coefficient (Wildman–Crippen LogP) is 3.17. The van der Waals surface area contributed by atoms with Crippen molar-refractivity contribution >= 4 is 12.0 Å². The predicted molar refractivity (Wildman–Crippen MR) is 80.6 cm³/mol. The van der Waals surface area contributed by atoms with E-state index in [1.807, 2.05) is 56.3 Å². The van der Waals surface area contributed by atoms with Gasteiger partial charge in [-0.3, -0.25) is 4.79 Å². The minimum Gasteiger partial charge on any atom is -0.469 e. The van der Waals surface area contributed by atoms with Gasteiger partial charge >= 0.3 is 5.97 Å². The van der Waals surface area contributed by atoms with Crippen LogP contribution in [0.15, 0.2) is 36.4 Å². The summed E-state index contributed by atoms with van der Waals surface area (Å²) in [6.45, 7) is 3.72. The molecule has 1 aromatic rings. The summed E-state index contributed by atoms with van der Waals surface area (Å²) in [5.74, 6) is -0.966. The van der Waals surface area contributed by atoms with E-state index >= 15 is 0 Å². The first-order valence-corrected chi connectivity index (χ1v) is 7.14. The highest BCUT2D eigenvalue weighted by molar-refractivity contribution is 5.69. The zero-order valence-electron chi connectivity index (χ0n) is 12.7. The van der Waals surface area contributed by atoms with Crippen LogP contribution >= 0.6 is 0 Å². The summed E-state index contributed by atoms with van der Waals surface area (Å²) in [6, 6.07) is 10.0. The minimum absolute atomic E-state index is 0.0800. The first kappa shape index (κ1) is 15.7. The fourth-order valence-electron chi connectivity index (χ4n) is 2.44. The van der Waals surface area contributed by atoms with Gasteiger partial charge in [0.15, 0.2) is 5.79 Å². The lowest BCUT2D eigenvalue weighted by molar-refractivity contribution is -0.290. The third kappa shape index (κ3) is 4.99. The Balaban J connectivity index is 2.02. The number of carbonyl (C=O) groups excluding carboxylic acids is 1. The van der Waals surface area contributed by atoms with Crippen LogP contribution in [0.3, 0.4) is 0 Å². The second-order valence-corrected chi connectivity index (χ2v) is 5.58. The highest BCUT2D eigenvalue weighted by Crippen LogP contribution is 2.29. The molecule has 4 nitrogen and oxygen atoms in total. The summed E-state index contributed by atoms with van der Waals surface area (Å²) in [6.07, 6.45) is 4.67. The van der Waals surface area contributed by atoms with E-state index in [2.05, 4.69) is 0 Å². The van der Waals surface area contributed by atoms with Crippen LogP contribution in [0.25, 0.3) is 6.08 Å². The van der Waals surface area contributed by atoms with Gasteiger partial charge in [0, 0.05) is 6.42 Å². The van der Waals surface area contributed by atoms with E-state index in [1.54, 1.807) is 0 Å². The molecule has 0 radical (unpaired) electrons. The van der Waals surface area contributed by atoms with Gasteiger partial charge in [0.25, 0.3) is 0 Å². The van der Waals surface area contributed by atoms with Crippen LogP contribution in [0.1, 0.15) is 32.3 Å². The van der Waals surface area contributed by atoms with Gasteiger partial charge in [-0.25, -0.2) is 0 Å². The van der Waals surface area contributed by atoms with E-state index < -0.39 is 5.79 Å². The van der Waals surface area contributed by atoms with Crippen LogP contribution in [0.2, 0.25) is 0 Å². The Morgan fingerprint density at radius 3 is 2.71 bits per heavy atom. The lowest BCUT2D eigenvalue weighted by Crippen LogP contribution is -2.44. The maximum atomic E-state index is 11.4. The average molecular weight is 290 g/mol. The molecule has 0 unspecified atom stereocenters. The van der Waals surface area contributed by atoms with E-state index in [9.17, 15) is 4.79 Å². The summed E-state index contributed by atoms with van der Waals surface area (Å²) >= 11 is 0. The molecule has 2 rings (SSSR count). The molecule has 0 bridgehead atoms. The third-order valence-corrected chi connectivity index (χ3v) is 3.31. The lowest BCUT2D eigenvalue weighted by Gasteiger charge is -2.39. The highest BCUT2D eigenvalue weighted by atomic mass is 16.7. The molecule has 0 N–H and O–H groups in total. The van der Waals surface area contributed by atoms with Crippen molar-refractivity contribution in [3.8, 4) is 0 Å². The largest absolute Gasteiger partial charge is 0.469 e. The van der Waals surface area contributed by atoms with Gasteiger partial charge in [0.1, 0.15) is 0 Å². The molecule has 0 spiro atoms. The highest BCUT2D eigenvalue weighted by Gasteiger charge is 2.35. The monoisotopic (exact) mass is 290 g/mol. The number of ether oxygens (including phenoxy) is 3. The number of benzene rings is 1. The van der Waals surface area contributed by atoms with Crippen molar-refractivity contribution in [3.05, 3.63) is 42.0 Å². The molecule has 1 aromatic carbocycles. The normalized spacial score (nSPS) is 24.9. The number of esters is 1. The molecule has 0 aromatic heterocycles. The summed E-state index contributed by atoms with van der Waals surface area (Å²) in [7, 11) is 1.39. The minimum atomic E-state index is -0.706. The van der Waals surface area contributed by atoms with Crippen molar-refractivity contribution in [2.75, 3.05) is 7.11 Å². The van der Waals surface area contributed by atoms with Crippen molar-refractivity contribution in [2.45, 2.75) is 44.7 Å². The van der Waals surface area contributed by atoms with Crippen molar-refractivity contribution in [2.24, 2.45) is 0 Å². The van der Waals surface area contributed by atoms with E-state index in [1.165, 1.54) is 7.11 Å². The van der Waals surface area contributed by atoms with Gasteiger partial charge < -0.3 is 14.2 Å². The SMILES string of the molecule is COC(=O)C[C@@H]1C[C@H](C=Cc2ccccc2)OC(C)(C)O1. The third-order valence-electron chi connectivity index (χ3n) is 3.31. The Hall–Kier alpha value is -1.65. The topological polar surface area (TPSA) is 44.8 Å². The van der Waals surface area contributed by atoms with Gasteiger partial charge in [0.05, 0.1) is 25.7 Å². The standard InChI is InChI=1S/C17H22O4/c1-17(2)20-14(10-9-13-7-5-4-6-8-13)11-15(21-17)12-16(18)19-3/h4-10,14-15H,11-12H2,1-3H3/t14-,15-/m0/s1. The van der Waals surface area contributed by atoms with Gasteiger partial charge in [0.2, 0.25) is 0 Å². The molecule has 2 atom stereocenters. The molecule has 1 aliphatic heterocycles. The van der Waals surface area contributed by atoms with E-state index in [-0.39, 0.29) is 24.6 Å². The summed E-state index contributed by atoms with van der Waals surface area (Å²) < 4.78 is 16.4. The first-order valence-electron chi connectivity index (χ1n) is 7.14. The first-order chi connectivity index (χ1) is 9.98. The summed E-state index contributed by atoms with van der Waals surface area (Å²) in [4.78, 5) is 11.4. The Bertz CT molecular complexity index is 493. The summed E-state index contributed by atoms with van der Waals surface area (Å²) in [5, 5.41) is 0. The van der Waals surface area contributed by atoms with Crippen molar-refractivity contribution in [1.29, 1.82) is 0 Å². The quantitative estimate of drug-likeness (QED) is 0.799. The van der Waals surface area contributed by atoms with Crippen LogP contribution in [0.5, 0.6) is 0 Å². The van der Waals surface area contributed by atoms with E-state index in [4.69, 9.17) is 14.2 Å². The van der Waals surface area contributed by atoms with Crippen molar-refractivity contribution in [3.63, 3.8) is 0 Å². The van der Waals surface area contributed by atoms with Crippen LogP contribution in [0.4, 0.5) is 0 Å². The molecular weight excluding hydrogens is 268 g/mol. The fourth-order valence-corrected chi connectivity index (χ4v) is 2.44. The molecular formula is C17H22O4. The van der Waals surface area contributed by atoms with Crippen LogP contribution in [0, 0.1) is 0 Å². The number of methoxy groups -OCH3 is 1. The maximum Gasteiger partial charge on any atom is 0.308 e. The Morgan fingerprint density at radius 1 is 1.33 bits per heavy atom. The molecule has 0 amide bonds. The molecule has 21 heavy (non-hydrogen) atoms. The Morgan fingerprint density at radius 2 is 2.05 bits per heavy atom. The lowest BCUT2D eigenvalue weighted by atomic mass is 10.0. The van der Waals surface area contributed by atoms with Crippen LogP contribution < -0.4 is 0 Å². The van der Waals surface area contributed by atoms with E-state index in [0.717, 1.165) is 5.56 Å². The molecule has 0 aliphatic carbocycles. The zero-order valence-corrected chi connectivity index (χ0v) is 12.7. The van der Waals surface area contributed by atoms with Gasteiger partial charge in [-0.05, 0) is 19.4 Å². The second kappa shape index (κ2) is 6.87. The number of hydrogen-bond acceptors (Lipinski definition) is 4. The molecule has 1 aliphatic rings.